The highest BCUT2D eigenvalue weighted by Crippen LogP contribution is 2.26. The van der Waals surface area contributed by atoms with Crippen LogP contribution in [0.3, 0.4) is 0 Å². The van der Waals surface area contributed by atoms with Crippen molar-refractivity contribution in [2.45, 2.75) is 13.2 Å². The summed E-state index contributed by atoms with van der Waals surface area (Å²) in [5.41, 5.74) is 1.94. The summed E-state index contributed by atoms with van der Waals surface area (Å²) in [4.78, 5) is 7.95. The SMILES string of the molecule is OCc1cccc(CNc2ncnc(Cl)c2Br)c1. The Morgan fingerprint density at radius 1 is 1.28 bits per heavy atom. The standard InChI is InChI=1S/C12H11BrClN3O/c13-10-11(14)16-7-17-12(10)15-5-8-2-1-3-9(4-8)6-18/h1-4,7,18H,5-6H2,(H,15,16,17). The fourth-order valence-corrected chi connectivity index (χ4v) is 1.97. The summed E-state index contributed by atoms with van der Waals surface area (Å²) in [5, 5.41) is 12.6. The quantitative estimate of drug-likeness (QED) is 0.847. The van der Waals surface area contributed by atoms with Crippen LogP contribution in [0.4, 0.5) is 5.82 Å². The zero-order valence-corrected chi connectivity index (χ0v) is 11.7. The van der Waals surface area contributed by atoms with Gasteiger partial charge < -0.3 is 10.4 Å². The van der Waals surface area contributed by atoms with Crippen LogP contribution in [0.1, 0.15) is 11.1 Å². The molecule has 0 amide bonds. The molecular weight excluding hydrogens is 318 g/mol. The van der Waals surface area contributed by atoms with E-state index in [-0.39, 0.29) is 6.61 Å². The van der Waals surface area contributed by atoms with Gasteiger partial charge in [0.25, 0.3) is 0 Å². The van der Waals surface area contributed by atoms with E-state index in [0.29, 0.717) is 22.0 Å². The van der Waals surface area contributed by atoms with E-state index in [1.807, 2.05) is 24.3 Å². The lowest BCUT2D eigenvalue weighted by atomic mass is 10.1. The molecule has 4 nitrogen and oxygen atoms in total. The van der Waals surface area contributed by atoms with Crippen LogP contribution in [0, 0.1) is 0 Å². The van der Waals surface area contributed by atoms with Crippen molar-refractivity contribution in [2.24, 2.45) is 0 Å². The Labute approximate surface area is 118 Å². The number of hydrogen-bond donors (Lipinski definition) is 2. The van der Waals surface area contributed by atoms with Gasteiger partial charge in [-0.3, -0.25) is 0 Å². The molecule has 0 bridgehead atoms. The average Bonchev–Trinajstić information content (AvgIpc) is 2.41. The smallest absolute Gasteiger partial charge is 0.148 e. The summed E-state index contributed by atoms with van der Waals surface area (Å²) in [6.07, 6.45) is 1.40. The maximum absolute atomic E-state index is 9.06. The topological polar surface area (TPSA) is 58.0 Å². The first-order valence-electron chi connectivity index (χ1n) is 5.29. The highest BCUT2D eigenvalue weighted by molar-refractivity contribution is 9.10. The lowest BCUT2D eigenvalue weighted by Gasteiger charge is -2.08. The number of anilines is 1. The normalized spacial score (nSPS) is 10.4. The average molecular weight is 329 g/mol. The minimum absolute atomic E-state index is 0.0386. The van der Waals surface area contributed by atoms with E-state index < -0.39 is 0 Å². The summed E-state index contributed by atoms with van der Waals surface area (Å²) >= 11 is 9.19. The molecule has 0 atom stereocenters. The van der Waals surface area contributed by atoms with Crippen molar-refractivity contribution >= 4 is 33.3 Å². The van der Waals surface area contributed by atoms with Gasteiger partial charge in [-0.25, -0.2) is 9.97 Å². The van der Waals surface area contributed by atoms with Crippen LogP contribution in [-0.2, 0) is 13.2 Å². The predicted octanol–water partition coefficient (Wildman–Crippen LogP) is 3.00. The van der Waals surface area contributed by atoms with Crippen molar-refractivity contribution in [1.29, 1.82) is 0 Å². The molecule has 0 aliphatic rings. The molecule has 2 rings (SSSR count). The number of nitrogens with zero attached hydrogens (tertiary/aromatic N) is 2. The molecular formula is C12H11BrClN3O. The number of benzene rings is 1. The highest BCUT2D eigenvalue weighted by atomic mass is 79.9. The van der Waals surface area contributed by atoms with Crippen LogP contribution in [-0.4, -0.2) is 15.1 Å². The van der Waals surface area contributed by atoms with Crippen LogP contribution in [0.2, 0.25) is 5.15 Å². The Morgan fingerprint density at radius 2 is 2.06 bits per heavy atom. The van der Waals surface area contributed by atoms with Gasteiger partial charge in [0.15, 0.2) is 0 Å². The Kier molecular flexibility index (Phi) is 4.52. The predicted molar refractivity (Wildman–Crippen MR) is 74.4 cm³/mol. The Bertz CT molecular complexity index is 551. The lowest BCUT2D eigenvalue weighted by Crippen LogP contribution is -2.03. The molecule has 1 aromatic carbocycles. The van der Waals surface area contributed by atoms with E-state index in [2.05, 4.69) is 31.2 Å². The number of rotatable bonds is 4. The van der Waals surface area contributed by atoms with Crippen molar-refractivity contribution in [3.63, 3.8) is 0 Å². The van der Waals surface area contributed by atoms with Gasteiger partial charge in [-0.2, -0.15) is 0 Å². The molecule has 2 aromatic rings. The first-order valence-corrected chi connectivity index (χ1v) is 6.46. The summed E-state index contributed by atoms with van der Waals surface area (Å²) in [6.45, 7) is 0.636. The summed E-state index contributed by atoms with van der Waals surface area (Å²) < 4.78 is 0.643. The van der Waals surface area contributed by atoms with Crippen molar-refractivity contribution in [1.82, 2.24) is 9.97 Å². The molecule has 0 spiro atoms. The molecule has 0 fully saturated rings. The van der Waals surface area contributed by atoms with Crippen LogP contribution in [0.5, 0.6) is 0 Å². The monoisotopic (exact) mass is 327 g/mol. The van der Waals surface area contributed by atoms with Crippen molar-refractivity contribution < 1.29 is 5.11 Å². The molecule has 18 heavy (non-hydrogen) atoms. The number of hydrogen-bond acceptors (Lipinski definition) is 4. The van der Waals surface area contributed by atoms with E-state index in [1.165, 1.54) is 6.33 Å². The molecule has 1 aromatic heterocycles. The first-order chi connectivity index (χ1) is 8.70. The van der Waals surface area contributed by atoms with Gasteiger partial charge in [0.05, 0.1) is 11.1 Å². The maximum atomic E-state index is 9.06. The first kappa shape index (κ1) is 13.3. The van der Waals surface area contributed by atoms with Crippen LogP contribution < -0.4 is 5.32 Å². The molecule has 2 N–H and O–H groups in total. The van der Waals surface area contributed by atoms with Crippen LogP contribution >= 0.6 is 27.5 Å². The third kappa shape index (κ3) is 3.19. The lowest BCUT2D eigenvalue weighted by molar-refractivity contribution is 0.281. The van der Waals surface area contributed by atoms with Gasteiger partial charge in [0, 0.05) is 6.54 Å². The van der Waals surface area contributed by atoms with Gasteiger partial charge in [0.1, 0.15) is 17.3 Å². The van der Waals surface area contributed by atoms with Crippen LogP contribution in [0.15, 0.2) is 35.1 Å². The molecule has 0 aliphatic heterocycles. The molecule has 0 saturated heterocycles. The van der Waals surface area contributed by atoms with E-state index >= 15 is 0 Å². The molecule has 1 heterocycles. The minimum Gasteiger partial charge on any atom is -0.392 e. The van der Waals surface area contributed by atoms with Crippen molar-refractivity contribution in [3.8, 4) is 0 Å². The zero-order chi connectivity index (χ0) is 13.0. The molecule has 0 saturated carbocycles. The maximum Gasteiger partial charge on any atom is 0.148 e. The number of aliphatic hydroxyl groups excluding tert-OH is 1. The molecule has 0 aliphatic carbocycles. The number of halogens is 2. The minimum atomic E-state index is 0.0386. The second-order valence-corrected chi connectivity index (χ2v) is 4.81. The second-order valence-electron chi connectivity index (χ2n) is 3.66. The fourth-order valence-electron chi connectivity index (χ4n) is 1.50. The second kappa shape index (κ2) is 6.13. The summed E-state index contributed by atoms with van der Waals surface area (Å²) in [7, 11) is 0. The van der Waals surface area contributed by atoms with Gasteiger partial charge in [-0.1, -0.05) is 35.9 Å². The van der Waals surface area contributed by atoms with Crippen molar-refractivity contribution in [3.05, 3.63) is 51.3 Å². The third-order valence-electron chi connectivity index (χ3n) is 2.38. The molecule has 94 valence electrons. The number of aliphatic hydroxyl groups is 1. The van der Waals surface area contributed by atoms with Gasteiger partial charge >= 0.3 is 0 Å². The number of nitrogens with one attached hydrogen (secondary N) is 1. The Balaban J connectivity index is 2.09. The molecule has 6 heteroatoms. The zero-order valence-electron chi connectivity index (χ0n) is 9.40. The largest absolute Gasteiger partial charge is 0.392 e. The van der Waals surface area contributed by atoms with Crippen molar-refractivity contribution in [2.75, 3.05) is 5.32 Å². The van der Waals surface area contributed by atoms with E-state index in [9.17, 15) is 0 Å². The molecule has 0 unspecified atom stereocenters. The molecule has 0 radical (unpaired) electrons. The van der Waals surface area contributed by atoms with E-state index in [1.54, 1.807) is 0 Å². The Hall–Kier alpha value is -1.17. The highest BCUT2D eigenvalue weighted by Gasteiger charge is 2.06. The summed E-state index contributed by atoms with van der Waals surface area (Å²) in [5.74, 6) is 0.643. The third-order valence-corrected chi connectivity index (χ3v) is 3.65. The van der Waals surface area contributed by atoms with Gasteiger partial charge in [-0.05, 0) is 27.1 Å². The Morgan fingerprint density at radius 3 is 2.83 bits per heavy atom. The number of aromatic nitrogens is 2. The van der Waals surface area contributed by atoms with E-state index in [0.717, 1.165) is 11.1 Å². The fraction of sp³-hybridized carbons (Fsp3) is 0.167. The van der Waals surface area contributed by atoms with Crippen LogP contribution in [0.25, 0.3) is 0 Å². The van der Waals surface area contributed by atoms with Gasteiger partial charge in [0.2, 0.25) is 0 Å². The van der Waals surface area contributed by atoms with Gasteiger partial charge in [-0.15, -0.1) is 0 Å². The summed E-state index contributed by atoms with van der Waals surface area (Å²) in [6, 6.07) is 7.69. The van der Waals surface area contributed by atoms with E-state index in [4.69, 9.17) is 16.7 Å².